The number of fused-ring (bicyclic) bond motifs is 6. The van der Waals surface area contributed by atoms with Crippen molar-refractivity contribution in [1.82, 2.24) is 0 Å². The van der Waals surface area contributed by atoms with Gasteiger partial charge in [0.2, 0.25) is 0 Å². The Balaban J connectivity index is 1.46. The van der Waals surface area contributed by atoms with Crippen molar-refractivity contribution in [3.8, 4) is 57.7 Å². The van der Waals surface area contributed by atoms with E-state index in [0.717, 1.165) is 42.1 Å². The number of nitrogens with zero attached hydrogens (tertiary/aromatic N) is 4. The molecule has 0 unspecified atom stereocenters. The van der Waals surface area contributed by atoms with E-state index < -0.39 is 0 Å². The molecule has 0 N–H and O–H groups in total. The van der Waals surface area contributed by atoms with Gasteiger partial charge in [-0.3, -0.25) is 0 Å². The van der Waals surface area contributed by atoms with Crippen LogP contribution in [0.5, 0.6) is 0 Å². The molecule has 0 atom stereocenters. The molecular formula is C40H18N4S2. The van der Waals surface area contributed by atoms with Crippen LogP contribution in [0.1, 0.15) is 22.3 Å². The highest BCUT2D eigenvalue weighted by Crippen LogP contribution is 2.43. The Bertz CT molecular complexity index is 2580. The van der Waals surface area contributed by atoms with E-state index >= 15 is 0 Å². The van der Waals surface area contributed by atoms with Gasteiger partial charge in [0, 0.05) is 57.0 Å². The number of rotatable bonds is 3. The quantitative estimate of drug-likeness (QED) is 0.197. The van der Waals surface area contributed by atoms with Gasteiger partial charge in [0.25, 0.3) is 0 Å². The standard InChI is InChI=1S/C40H18N4S2/c41-19-23-13-27(20-42)40(28(14-23)21-43)26-17-31(24-9-11-38-33(15-24)29-5-1-3-7-36(29)45-38)35(22-44)32(18-26)25-10-12-39-34(16-25)30-6-2-4-8-37(30)46-39/h1-18H. The monoisotopic (exact) mass is 618 g/mol. The van der Waals surface area contributed by atoms with Crippen LogP contribution >= 0.6 is 22.7 Å². The molecule has 0 amide bonds. The summed E-state index contributed by atoms with van der Waals surface area (Å²) in [6.45, 7) is 0. The zero-order chi connectivity index (χ0) is 31.4. The van der Waals surface area contributed by atoms with E-state index in [2.05, 4.69) is 72.8 Å². The first-order chi connectivity index (χ1) is 22.6. The van der Waals surface area contributed by atoms with Crippen LogP contribution in [0.2, 0.25) is 0 Å². The highest BCUT2D eigenvalue weighted by Gasteiger charge is 2.21. The SMILES string of the molecule is N#Cc1cc(C#N)c(-c2cc(-c3ccc4sc5ccccc5c4c3)c(C#N)c(-c3ccc4sc5ccccc5c4c3)c2)c(C#N)c1. The summed E-state index contributed by atoms with van der Waals surface area (Å²) in [4.78, 5) is 0. The van der Waals surface area contributed by atoms with Crippen molar-refractivity contribution in [2.45, 2.75) is 0 Å². The highest BCUT2D eigenvalue weighted by atomic mass is 32.1. The van der Waals surface area contributed by atoms with E-state index in [4.69, 9.17) is 0 Å². The normalized spacial score (nSPS) is 11.0. The summed E-state index contributed by atoms with van der Waals surface area (Å²) in [6.07, 6.45) is 0. The van der Waals surface area contributed by atoms with Gasteiger partial charge in [0.05, 0.1) is 40.5 Å². The third kappa shape index (κ3) is 4.22. The topological polar surface area (TPSA) is 95.2 Å². The minimum atomic E-state index is 0.232. The second kappa shape index (κ2) is 10.7. The van der Waals surface area contributed by atoms with Gasteiger partial charge in [-0.15, -0.1) is 22.7 Å². The number of thiophene rings is 2. The number of benzene rings is 6. The van der Waals surface area contributed by atoms with Gasteiger partial charge in [0.15, 0.2) is 0 Å². The molecule has 0 aliphatic rings. The van der Waals surface area contributed by atoms with Crippen molar-refractivity contribution in [1.29, 1.82) is 21.0 Å². The molecule has 8 rings (SSSR count). The molecule has 2 heterocycles. The Morgan fingerprint density at radius 1 is 0.413 bits per heavy atom. The van der Waals surface area contributed by atoms with Crippen LogP contribution in [0.3, 0.4) is 0 Å². The number of hydrogen-bond donors (Lipinski definition) is 0. The summed E-state index contributed by atoms with van der Waals surface area (Å²) >= 11 is 3.46. The average Bonchev–Trinajstić information content (AvgIpc) is 3.68. The summed E-state index contributed by atoms with van der Waals surface area (Å²) in [5.41, 5.74) is 5.44. The molecule has 0 saturated carbocycles. The average molecular weight is 619 g/mol. The summed E-state index contributed by atoms with van der Waals surface area (Å²) in [5, 5.41) is 45.2. The second-order valence-electron chi connectivity index (χ2n) is 11.0. The maximum Gasteiger partial charge on any atom is 0.100 e. The number of hydrogen-bond acceptors (Lipinski definition) is 6. The first kappa shape index (κ1) is 27.3. The lowest BCUT2D eigenvalue weighted by molar-refractivity contribution is 1.41. The zero-order valence-electron chi connectivity index (χ0n) is 24.0. The van der Waals surface area contributed by atoms with Crippen molar-refractivity contribution >= 4 is 63.0 Å². The molecule has 0 radical (unpaired) electrons. The van der Waals surface area contributed by atoms with Crippen molar-refractivity contribution in [2.75, 3.05) is 0 Å². The van der Waals surface area contributed by atoms with Crippen LogP contribution in [-0.4, -0.2) is 0 Å². The Kier molecular flexibility index (Phi) is 6.35. The van der Waals surface area contributed by atoms with Gasteiger partial charge < -0.3 is 0 Å². The maximum absolute atomic E-state index is 10.8. The molecule has 6 aromatic carbocycles. The molecule has 6 heteroatoms. The van der Waals surface area contributed by atoms with Crippen LogP contribution in [0.4, 0.5) is 0 Å². The molecule has 0 spiro atoms. The molecule has 8 aromatic rings. The summed E-state index contributed by atoms with van der Waals surface area (Å²) in [7, 11) is 0. The van der Waals surface area contributed by atoms with Gasteiger partial charge in [0.1, 0.15) is 6.07 Å². The van der Waals surface area contributed by atoms with E-state index in [1.54, 1.807) is 22.7 Å². The minimum Gasteiger partial charge on any atom is -0.192 e. The fourth-order valence-electron chi connectivity index (χ4n) is 6.34. The highest BCUT2D eigenvalue weighted by molar-refractivity contribution is 7.26. The van der Waals surface area contributed by atoms with E-state index in [1.807, 2.05) is 48.5 Å². The third-order valence-electron chi connectivity index (χ3n) is 8.42. The van der Waals surface area contributed by atoms with Crippen LogP contribution in [0.25, 0.3) is 73.7 Å². The van der Waals surface area contributed by atoms with Crippen molar-refractivity contribution < 1.29 is 0 Å². The van der Waals surface area contributed by atoms with Gasteiger partial charge in [-0.2, -0.15) is 21.0 Å². The molecule has 4 nitrogen and oxygen atoms in total. The van der Waals surface area contributed by atoms with Gasteiger partial charge >= 0.3 is 0 Å². The van der Waals surface area contributed by atoms with E-state index in [0.29, 0.717) is 27.8 Å². The molecule has 2 aromatic heterocycles. The minimum absolute atomic E-state index is 0.232. The predicted octanol–water partition coefficient (Wildman–Crippen LogP) is 10.9. The fourth-order valence-corrected chi connectivity index (χ4v) is 8.52. The lowest BCUT2D eigenvalue weighted by atomic mass is 9.85. The van der Waals surface area contributed by atoms with Crippen LogP contribution in [0, 0.1) is 45.3 Å². The molecule has 0 aliphatic heterocycles. The smallest absolute Gasteiger partial charge is 0.100 e. The Hall–Kier alpha value is -6.28. The molecule has 0 bridgehead atoms. The van der Waals surface area contributed by atoms with Gasteiger partial charge in [-0.1, -0.05) is 48.5 Å². The Morgan fingerprint density at radius 2 is 0.891 bits per heavy atom. The van der Waals surface area contributed by atoms with Crippen molar-refractivity contribution in [3.63, 3.8) is 0 Å². The molecule has 0 aliphatic carbocycles. The van der Waals surface area contributed by atoms with Crippen LogP contribution in [-0.2, 0) is 0 Å². The van der Waals surface area contributed by atoms with E-state index in [9.17, 15) is 21.0 Å². The first-order valence-corrected chi connectivity index (χ1v) is 16.0. The van der Waals surface area contributed by atoms with E-state index in [1.165, 1.54) is 21.5 Å². The lowest BCUT2D eigenvalue weighted by Crippen LogP contribution is -1.97. The maximum atomic E-state index is 10.8. The van der Waals surface area contributed by atoms with Crippen molar-refractivity contribution in [2.24, 2.45) is 0 Å². The van der Waals surface area contributed by atoms with Gasteiger partial charge in [-0.05, 0) is 77.4 Å². The lowest BCUT2D eigenvalue weighted by Gasteiger charge is -2.16. The zero-order valence-corrected chi connectivity index (χ0v) is 25.6. The summed E-state index contributed by atoms with van der Waals surface area (Å²) < 4.78 is 4.69. The fraction of sp³-hybridized carbons (Fsp3) is 0. The first-order valence-electron chi connectivity index (χ1n) is 14.4. The molecule has 0 saturated heterocycles. The molecule has 0 fully saturated rings. The predicted molar refractivity (Wildman–Crippen MR) is 187 cm³/mol. The molecule has 46 heavy (non-hydrogen) atoms. The third-order valence-corrected chi connectivity index (χ3v) is 10.7. The van der Waals surface area contributed by atoms with Gasteiger partial charge in [-0.25, -0.2) is 0 Å². The second-order valence-corrected chi connectivity index (χ2v) is 13.1. The molecule has 210 valence electrons. The Morgan fingerprint density at radius 3 is 1.35 bits per heavy atom. The van der Waals surface area contributed by atoms with Crippen molar-refractivity contribution in [3.05, 3.63) is 131 Å². The number of nitriles is 4. The van der Waals surface area contributed by atoms with Crippen LogP contribution < -0.4 is 0 Å². The summed E-state index contributed by atoms with van der Waals surface area (Å²) in [6, 6.07) is 44.9. The van der Waals surface area contributed by atoms with E-state index in [-0.39, 0.29) is 16.7 Å². The molecular weight excluding hydrogens is 601 g/mol. The summed E-state index contributed by atoms with van der Waals surface area (Å²) in [5.74, 6) is 0. The Labute approximate surface area is 272 Å². The largest absolute Gasteiger partial charge is 0.192 e. The van der Waals surface area contributed by atoms with Crippen LogP contribution in [0.15, 0.2) is 109 Å².